The number of nitrogens with zero attached hydrogens (tertiary/aromatic N) is 1. The molecule has 7 heteroatoms. The fourth-order valence-corrected chi connectivity index (χ4v) is 3.84. The van der Waals surface area contributed by atoms with Gasteiger partial charge in [-0.3, -0.25) is 4.79 Å². The number of hydrogen-bond acceptors (Lipinski definition) is 4. The van der Waals surface area contributed by atoms with Crippen LogP contribution < -0.4 is 5.32 Å². The predicted molar refractivity (Wildman–Crippen MR) is 95.0 cm³/mol. The van der Waals surface area contributed by atoms with E-state index >= 15 is 0 Å². The molecule has 0 unspecified atom stereocenters. The first-order chi connectivity index (χ1) is 10.7. The number of likely N-dealkylation sites (tertiary alicyclic amines) is 1. The average Bonchev–Trinajstić information content (AvgIpc) is 3.02. The molecule has 1 N–H and O–H groups in total. The second-order valence-corrected chi connectivity index (χ2v) is 9.23. The van der Waals surface area contributed by atoms with Crippen LogP contribution in [-0.4, -0.2) is 42.1 Å². The Bertz CT molecular complexity index is 575. The molecule has 0 aliphatic carbocycles. The molecule has 2 rings (SSSR count). The van der Waals surface area contributed by atoms with E-state index in [0.29, 0.717) is 24.5 Å². The van der Waals surface area contributed by atoms with Gasteiger partial charge in [0.1, 0.15) is 5.60 Å². The van der Waals surface area contributed by atoms with Crippen LogP contribution in [0.5, 0.6) is 0 Å². The van der Waals surface area contributed by atoms with E-state index in [1.165, 1.54) is 11.3 Å². The van der Waals surface area contributed by atoms with Crippen LogP contribution in [0.4, 0.5) is 4.79 Å². The molecule has 1 aliphatic heterocycles. The maximum atomic E-state index is 12.1. The predicted octanol–water partition coefficient (Wildman–Crippen LogP) is 3.81. The highest BCUT2D eigenvalue weighted by molar-refractivity contribution is 9.11. The third-order valence-corrected chi connectivity index (χ3v) is 5.71. The lowest BCUT2D eigenvalue weighted by molar-refractivity contribution is 0.0288. The summed E-state index contributed by atoms with van der Waals surface area (Å²) >= 11 is 4.87. The van der Waals surface area contributed by atoms with Crippen LogP contribution >= 0.6 is 27.3 Å². The minimum Gasteiger partial charge on any atom is -0.444 e. The Morgan fingerprint density at radius 3 is 2.74 bits per heavy atom. The number of halogens is 1. The molecule has 1 aromatic heterocycles. The lowest BCUT2D eigenvalue weighted by Gasteiger charge is -2.24. The van der Waals surface area contributed by atoms with Crippen molar-refractivity contribution in [1.29, 1.82) is 0 Å². The Morgan fingerprint density at radius 1 is 1.48 bits per heavy atom. The largest absolute Gasteiger partial charge is 0.444 e. The van der Waals surface area contributed by atoms with Gasteiger partial charge in [0.2, 0.25) is 0 Å². The van der Waals surface area contributed by atoms with E-state index in [0.717, 1.165) is 15.8 Å². The minimum absolute atomic E-state index is 0.0560. The highest BCUT2D eigenvalue weighted by Gasteiger charge is 2.30. The molecular formula is C16H23BrN2O3S. The topological polar surface area (TPSA) is 58.6 Å². The van der Waals surface area contributed by atoms with Crippen LogP contribution in [0.15, 0.2) is 9.85 Å². The van der Waals surface area contributed by atoms with Crippen molar-refractivity contribution in [2.45, 2.75) is 39.7 Å². The zero-order valence-electron chi connectivity index (χ0n) is 13.9. The van der Waals surface area contributed by atoms with Gasteiger partial charge in [-0.1, -0.05) is 0 Å². The molecule has 1 aromatic rings. The maximum absolute atomic E-state index is 12.1. The Kier molecular flexibility index (Phi) is 5.73. The van der Waals surface area contributed by atoms with E-state index in [9.17, 15) is 9.59 Å². The summed E-state index contributed by atoms with van der Waals surface area (Å²) in [6.07, 6.45) is 0.608. The Balaban J connectivity index is 1.79. The number of carbonyl (C=O) groups excluding carboxylic acids is 2. The molecule has 2 heterocycles. The third kappa shape index (κ3) is 5.21. The second kappa shape index (κ2) is 7.21. The van der Waals surface area contributed by atoms with Crippen molar-refractivity contribution < 1.29 is 14.3 Å². The number of thiophene rings is 1. The number of nitrogens with one attached hydrogen (secondary N) is 1. The molecule has 23 heavy (non-hydrogen) atoms. The van der Waals surface area contributed by atoms with E-state index in [4.69, 9.17) is 4.74 Å². The number of hydrogen-bond donors (Lipinski definition) is 1. The standard InChI is InChI=1S/C16H23BrN2O3S/c1-10-7-12(23-13(10)17)14(20)18-8-11-5-6-19(9-11)15(21)22-16(2,3)4/h7,11H,5-6,8-9H2,1-4H3,(H,18,20)/t11-/m0/s1. The zero-order valence-corrected chi connectivity index (χ0v) is 16.3. The maximum Gasteiger partial charge on any atom is 0.410 e. The smallest absolute Gasteiger partial charge is 0.410 e. The van der Waals surface area contributed by atoms with Crippen LogP contribution in [0.2, 0.25) is 0 Å². The molecule has 1 saturated heterocycles. The molecule has 1 atom stereocenters. The number of amides is 2. The molecule has 1 aliphatic rings. The van der Waals surface area contributed by atoms with Gasteiger partial charge in [0, 0.05) is 19.6 Å². The molecule has 0 saturated carbocycles. The number of carbonyl (C=O) groups is 2. The van der Waals surface area contributed by atoms with Gasteiger partial charge in [-0.2, -0.15) is 0 Å². The van der Waals surface area contributed by atoms with Gasteiger partial charge in [-0.25, -0.2) is 4.79 Å². The molecule has 128 valence electrons. The highest BCUT2D eigenvalue weighted by atomic mass is 79.9. The molecule has 0 spiro atoms. The fraction of sp³-hybridized carbons (Fsp3) is 0.625. The summed E-state index contributed by atoms with van der Waals surface area (Å²) in [6.45, 7) is 9.43. The monoisotopic (exact) mass is 402 g/mol. The molecule has 2 amide bonds. The van der Waals surface area contributed by atoms with Crippen molar-refractivity contribution in [3.8, 4) is 0 Å². The van der Waals surface area contributed by atoms with Crippen molar-refractivity contribution in [1.82, 2.24) is 10.2 Å². The second-order valence-electron chi connectivity index (χ2n) is 6.86. The fourth-order valence-electron chi connectivity index (χ4n) is 2.39. The summed E-state index contributed by atoms with van der Waals surface area (Å²) < 4.78 is 6.36. The third-order valence-electron chi connectivity index (χ3n) is 3.57. The van der Waals surface area contributed by atoms with Crippen LogP contribution in [0.25, 0.3) is 0 Å². The van der Waals surface area contributed by atoms with Gasteiger partial charge in [0.15, 0.2) is 0 Å². The average molecular weight is 403 g/mol. The normalized spacial score (nSPS) is 18.1. The van der Waals surface area contributed by atoms with Crippen LogP contribution in [-0.2, 0) is 4.74 Å². The molecule has 1 fully saturated rings. The molecule has 5 nitrogen and oxygen atoms in total. The Hall–Kier alpha value is -1.08. The molecular weight excluding hydrogens is 380 g/mol. The summed E-state index contributed by atoms with van der Waals surface area (Å²) in [6, 6.07) is 1.88. The SMILES string of the molecule is Cc1cc(C(=O)NC[C@@H]2CCN(C(=O)OC(C)(C)C)C2)sc1Br. The quantitative estimate of drug-likeness (QED) is 0.835. The minimum atomic E-state index is -0.478. The lowest BCUT2D eigenvalue weighted by Crippen LogP contribution is -2.36. The highest BCUT2D eigenvalue weighted by Crippen LogP contribution is 2.27. The van der Waals surface area contributed by atoms with E-state index in [1.807, 2.05) is 33.8 Å². The summed E-state index contributed by atoms with van der Waals surface area (Å²) in [5.74, 6) is 0.218. The van der Waals surface area contributed by atoms with E-state index in [2.05, 4.69) is 21.2 Å². The summed E-state index contributed by atoms with van der Waals surface area (Å²) in [5, 5.41) is 2.96. The van der Waals surface area contributed by atoms with Crippen LogP contribution in [0.3, 0.4) is 0 Å². The Labute approximate surface area is 149 Å². The van der Waals surface area contributed by atoms with Gasteiger partial charge in [0.05, 0.1) is 8.66 Å². The van der Waals surface area contributed by atoms with Gasteiger partial charge >= 0.3 is 6.09 Å². The van der Waals surface area contributed by atoms with Crippen molar-refractivity contribution in [3.05, 3.63) is 20.3 Å². The summed E-state index contributed by atoms with van der Waals surface area (Å²) in [4.78, 5) is 26.6. The van der Waals surface area contributed by atoms with E-state index < -0.39 is 5.60 Å². The lowest BCUT2D eigenvalue weighted by atomic mass is 10.1. The number of ether oxygens (including phenoxy) is 1. The first-order valence-electron chi connectivity index (χ1n) is 7.68. The summed E-state index contributed by atoms with van der Waals surface area (Å²) in [5.41, 5.74) is 0.588. The molecule has 0 bridgehead atoms. The van der Waals surface area contributed by atoms with Crippen molar-refractivity contribution >= 4 is 39.3 Å². The van der Waals surface area contributed by atoms with Crippen LogP contribution in [0, 0.1) is 12.8 Å². The van der Waals surface area contributed by atoms with Gasteiger partial charge in [-0.15, -0.1) is 11.3 Å². The van der Waals surface area contributed by atoms with Gasteiger partial charge in [0.25, 0.3) is 5.91 Å². The van der Waals surface area contributed by atoms with Crippen molar-refractivity contribution in [2.24, 2.45) is 5.92 Å². The molecule has 0 radical (unpaired) electrons. The van der Waals surface area contributed by atoms with Crippen LogP contribution in [0.1, 0.15) is 42.4 Å². The Morgan fingerprint density at radius 2 is 2.17 bits per heavy atom. The first kappa shape index (κ1) is 18.3. The van der Waals surface area contributed by atoms with Gasteiger partial charge in [-0.05, 0) is 67.6 Å². The number of rotatable bonds is 3. The van der Waals surface area contributed by atoms with Crippen molar-refractivity contribution in [2.75, 3.05) is 19.6 Å². The first-order valence-corrected chi connectivity index (χ1v) is 9.28. The molecule has 0 aromatic carbocycles. The van der Waals surface area contributed by atoms with Crippen molar-refractivity contribution in [3.63, 3.8) is 0 Å². The van der Waals surface area contributed by atoms with Gasteiger partial charge < -0.3 is 15.0 Å². The van der Waals surface area contributed by atoms with E-state index in [-0.39, 0.29) is 17.9 Å². The summed E-state index contributed by atoms with van der Waals surface area (Å²) in [7, 11) is 0. The van der Waals surface area contributed by atoms with E-state index in [1.54, 1.807) is 4.90 Å². The zero-order chi connectivity index (χ0) is 17.2. The number of aryl methyl sites for hydroxylation is 1.